The first-order chi connectivity index (χ1) is 14.8. The fourth-order valence-corrected chi connectivity index (χ4v) is 4.49. The Morgan fingerprint density at radius 2 is 1.84 bits per heavy atom. The van der Waals surface area contributed by atoms with E-state index in [0.29, 0.717) is 26.2 Å². The number of pyridine rings is 1. The van der Waals surface area contributed by atoms with Gasteiger partial charge in [-0.1, -0.05) is 18.2 Å². The number of amides is 1. The van der Waals surface area contributed by atoms with Crippen LogP contribution in [0.1, 0.15) is 31.0 Å². The summed E-state index contributed by atoms with van der Waals surface area (Å²) in [5, 5.41) is 0. The number of alkyl halides is 3. The van der Waals surface area contributed by atoms with E-state index in [-0.39, 0.29) is 18.0 Å². The fourth-order valence-electron chi connectivity index (χ4n) is 4.49. The number of aromatic nitrogens is 1. The van der Waals surface area contributed by atoms with Crippen LogP contribution < -0.4 is 4.90 Å². The van der Waals surface area contributed by atoms with Crippen molar-refractivity contribution in [2.24, 2.45) is 0 Å². The maximum absolute atomic E-state index is 13.2. The van der Waals surface area contributed by atoms with Crippen LogP contribution in [0.4, 0.5) is 18.9 Å². The zero-order valence-corrected chi connectivity index (χ0v) is 17.4. The first-order valence-corrected chi connectivity index (χ1v) is 10.6. The smallest absolute Gasteiger partial charge is 0.360 e. The SMILES string of the molecule is CC1OC2(CCN(CCc3ncccc3C(F)(F)F)CC2)CN(c2ccccc2)C1=O. The molecule has 1 spiro atoms. The number of carbonyl (C=O) groups excluding carboxylic acids is 1. The third-order valence-electron chi connectivity index (χ3n) is 6.18. The van der Waals surface area contributed by atoms with Gasteiger partial charge in [-0.25, -0.2) is 0 Å². The Bertz CT molecular complexity index is 912. The number of hydrogen-bond donors (Lipinski definition) is 0. The summed E-state index contributed by atoms with van der Waals surface area (Å²) in [6, 6.07) is 12.0. The van der Waals surface area contributed by atoms with Gasteiger partial charge in [0.25, 0.3) is 5.91 Å². The highest BCUT2D eigenvalue weighted by molar-refractivity contribution is 5.97. The molecule has 1 unspecified atom stereocenters. The van der Waals surface area contributed by atoms with Crippen molar-refractivity contribution < 1.29 is 22.7 Å². The maximum Gasteiger partial charge on any atom is 0.418 e. The van der Waals surface area contributed by atoms with E-state index in [2.05, 4.69) is 9.88 Å². The summed E-state index contributed by atoms with van der Waals surface area (Å²) in [6.07, 6.45) is -1.82. The number of hydrogen-bond acceptors (Lipinski definition) is 4. The average Bonchev–Trinajstić information content (AvgIpc) is 2.76. The first-order valence-electron chi connectivity index (χ1n) is 10.6. The van der Waals surface area contributed by atoms with Gasteiger partial charge in [-0.2, -0.15) is 13.2 Å². The molecule has 0 aliphatic carbocycles. The molecule has 0 saturated carbocycles. The van der Waals surface area contributed by atoms with Gasteiger partial charge >= 0.3 is 6.18 Å². The number of para-hydroxylation sites is 1. The van der Waals surface area contributed by atoms with Gasteiger partial charge in [0, 0.05) is 37.9 Å². The molecule has 1 aromatic heterocycles. The second-order valence-corrected chi connectivity index (χ2v) is 8.29. The number of halogens is 3. The van der Waals surface area contributed by atoms with Crippen LogP contribution in [-0.2, 0) is 22.1 Å². The summed E-state index contributed by atoms with van der Waals surface area (Å²) in [5.41, 5.74) is -0.148. The lowest BCUT2D eigenvalue weighted by molar-refractivity contribution is -0.161. The van der Waals surface area contributed by atoms with Crippen molar-refractivity contribution in [2.75, 3.05) is 31.1 Å². The number of nitrogens with zero attached hydrogens (tertiary/aromatic N) is 3. The van der Waals surface area contributed by atoms with E-state index in [1.165, 1.54) is 12.3 Å². The van der Waals surface area contributed by atoms with Crippen LogP contribution in [0.15, 0.2) is 48.7 Å². The van der Waals surface area contributed by atoms with E-state index in [9.17, 15) is 18.0 Å². The molecule has 2 aromatic rings. The minimum atomic E-state index is -4.39. The van der Waals surface area contributed by atoms with Gasteiger partial charge in [0.15, 0.2) is 0 Å². The predicted molar refractivity (Wildman–Crippen MR) is 111 cm³/mol. The zero-order valence-electron chi connectivity index (χ0n) is 17.4. The van der Waals surface area contributed by atoms with Crippen LogP contribution in [0, 0.1) is 0 Å². The van der Waals surface area contributed by atoms with Crippen LogP contribution in [0.25, 0.3) is 0 Å². The van der Waals surface area contributed by atoms with Crippen molar-refractivity contribution >= 4 is 11.6 Å². The van der Waals surface area contributed by atoms with Crippen molar-refractivity contribution in [3.05, 3.63) is 59.9 Å². The summed E-state index contributed by atoms with van der Waals surface area (Å²) in [6.45, 7) is 4.19. The predicted octanol–water partition coefficient (Wildman–Crippen LogP) is 3.93. The zero-order chi connectivity index (χ0) is 22.1. The highest BCUT2D eigenvalue weighted by Gasteiger charge is 2.45. The van der Waals surface area contributed by atoms with Crippen molar-refractivity contribution in [3.63, 3.8) is 0 Å². The number of rotatable bonds is 4. The molecule has 8 heteroatoms. The van der Waals surface area contributed by atoms with E-state index in [1.807, 2.05) is 30.3 Å². The van der Waals surface area contributed by atoms with Crippen LogP contribution >= 0.6 is 0 Å². The quantitative estimate of drug-likeness (QED) is 0.733. The molecule has 166 valence electrons. The Labute approximate surface area is 179 Å². The summed E-state index contributed by atoms with van der Waals surface area (Å²) in [7, 11) is 0. The molecule has 0 N–H and O–H groups in total. The molecule has 0 bridgehead atoms. The summed E-state index contributed by atoms with van der Waals surface area (Å²) in [5.74, 6) is -0.0471. The molecule has 31 heavy (non-hydrogen) atoms. The van der Waals surface area contributed by atoms with Crippen molar-refractivity contribution in [3.8, 4) is 0 Å². The number of likely N-dealkylation sites (tertiary alicyclic amines) is 1. The molecule has 4 rings (SSSR count). The lowest BCUT2D eigenvalue weighted by atomic mass is 9.88. The largest absolute Gasteiger partial charge is 0.418 e. The van der Waals surface area contributed by atoms with E-state index in [1.54, 1.807) is 11.8 Å². The van der Waals surface area contributed by atoms with Crippen LogP contribution in [0.3, 0.4) is 0 Å². The lowest BCUT2D eigenvalue weighted by Crippen LogP contribution is -2.61. The van der Waals surface area contributed by atoms with Crippen molar-refractivity contribution in [1.82, 2.24) is 9.88 Å². The minimum Gasteiger partial charge on any atom is -0.360 e. The number of ether oxygens (including phenoxy) is 1. The second-order valence-electron chi connectivity index (χ2n) is 8.29. The number of morpholine rings is 1. The highest BCUT2D eigenvalue weighted by Crippen LogP contribution is 2.35. The monoisotopic (exact) mass is 433 g/mol. The topological polar surface area (TPSA) is 45.7 Å². The van der Waals surface area contributed by atoms with Gasteiger partial charge in [0.05, 0.1) is 23.4 Å². The maximum atomic E-state index is 13.2. The number of benzene rings is 1. The molecule has 2 aliphatic heterocycles. The van der Waals surface area contributed by atoms with Crippen molar-refractivity contribution in [1.29, 1.82) is 0 Å². The standard InChI is InChI=1S/C23H26F3N3O2/c1-17-21(30)29(18-6-3-2-4-7-18)16-22(31-17)10-14-28(15-11-22)13-9-20-19(23(24,25)26)8-5-12-27-20/h2-8,12,17H,9-11,13-16H2,1H3. The van der Waals surface area contributed by atoms with E-state index in [0.717, 1.165) is 24.6 Å². The molecule has 1 atom stereocenters. The van der Waals surface area contributed by atoms with Crippen LogP contribution in [0.2, 0.25) is 0 Å². The summed E-state index contributed by atoms with van der Waals surface area (Å²) < 4.78 is 45.8. The third-order valence-corrected chi connectivity index (χ3v) is 6.18. The Balaban J connectivity index is 1.39. The van der Waals surface area contributed by atoms with Crippen LogP contribution in [-0.4, -0.2) is 53.7 Å². The van der Waals surface area contributed by atoms with Gasteiger partial charge in [-0.15, -0.1) is 0 Å². The summed E-state index contributed by atoms with van der Waals surface area (Å²) in [4.78, 5) is 20.6. The summed E-state index contributed by atoms with van der Waals surface area (Å²) >= 11 is 0. The first kappa shape index (κ1) is 21.8. The Kier molecular flexibility index (Phi) is 6.03. The highest BCUT2D eigenvalue weighted by atomic mass is 19.4. The van der Waals surface area contributed by atoms with Gasteiger partial charge in [-0.3, -0.25) is 9.78 Å². The molecule has 2 fully saturated rings. The van der Waals surface area contributed by atoms with Gasteiger partial charge in [0.2, 0.25) is 0 Å². The fraction of sp³-hybridized carbons (Fsp3) is 0.478. The molecular formula is C23H26F3N3O2. The van der Waals surface area contributed by atoms with Crippen LogP contribution in [0.5, 0.6) is 0 Å². The van der Waals surface area contributed by atoms with E-state index < -0.39 is 23.4 Å². The average molecular weight is 433 g/mol. The number of piperidine rings is 1. The molecule has 2 aliphatic rings. The minimum absolute atomic E-state index is 0.0471. The molecule has 0 radical (unpaired) electrons. The number of anilines is 1. The Morgan fingerprint density at radius 1 is 1.13 bits per heavy atom. The molecular weight excluding hydrogens is 407 g/mol. The molecule has 1 amide bonds. The Hall–Kier alpha value is -2.45. The van der Waals surface area contributed by atoms with E-state index in [4.69, 9.17) is 4.74 Å². The Morgan fingerprint density at radius 3 is 2.52 bits per heavy atom. The third kappa shape index (κ3) is 4.75. The molecule has 1 aromatic carbocycles. The lowest BCUT2D eigenvalue weighted by Gasteiger charge is -2.49. The van der Waals surface area contributed by atoms with Crippen molar-refractivity contribution in [2.45, 2.75) is 44.1 Å². The van der Waals surface area contributed by atoms with Gasteiger partial charge in [0.1, 0.15) is 6.10 Å². The molecule has 2 saturated heterocycles. The molecule has 3 heterocycles. The van der Waals surface area contributed by atoms with Gasteiger partial charge < -0.3 is 14.5 Å². The number of carbonyl (C=O) groups is 1. The second kappa shape index (κ2) is 8.59. The van der Waals surface area contributed by atoms with E-state index >= 15 is 0 Å². The van der Waals surface area contributed by atoms with Gasteiger partial charge in [-0.05, 0) is 44.0 Å². The normalized spacial score (nSPS) is 22.1. The molecule has 5 nitrogen and oxygen atoms in total.